The van der Waals surface area contributed by atoms with E-state index in [1.807, 2.05) is 0 Å². The van der Waals surface area contributed by atoms with Crippen molar-refractivity contribution in [2.24, 2.45) is 0 Å². The first-order valence-electron chi connectivity index (χ1n) is 9.78. The lowest BCUT2D eigenvalue weighted by atomic mass is 10.2. The fourth-order valence-corrected chi connectivity index (χ4v) is 4.23. The van der Waals surface area contributed by atoms with Crippen molar-refractivity contribution in [3.63, 3.8) is 0 Å². The quantitative estimate of drug-likeness (QED) is 0.455. The third-order valence-corrected chi connectivity index (χ3v) is 5.97. The van der Waals surface area contributed by atoms with Crippen LogP contribution in [0.1, 0.15) is 15.9 Å². The maximum atomic E-state index is 14.1. The molecular formula is C23H18FN3O5S. The monoisotopic (exact) mass is 467 g/mol. The molecule has 0 saturated heterocycles. The highest BCUT2D eigenvalue weighted by Crippen LogP contribution is 2.19. The molecule has 168 valence electrons. The van der Waals surface area contributed by atoms with Crippen LogP contribution in [0, 0.1) is 12.7 Å². The molecule has 1 N–H and O–H groups in total. The Morgan fingerprint density at radius 3 is 2.61 bits per heavy atom. The minimum absolute atomic E-state index is 0.0635. The van der Waals surface area contributed by atoms with Crippen LogP contribution >= 0.6 is 11.3 Å². The summed E-state index contributed by atoms with van der Waals surface area (Å²) in [4.78, 5) is 51.0. The number of esters is 1. The van der Waals surface area contributed by atoms with Gasteiger partial charge >= 0.3 is 11.7 Å². The van der Waals surface area contributed by atoms with Crippen molar-refractivity contribution in [1.29, 1.82) is 0 Å². The molecule has 2 aromatic heterocycles. The topological polar surface area (TPSA) is 99.4 Å². The van der Waals surface area contributed by atoms with Crippen LogP contribution in [-0.4, -0.2) is 28.1 Å². The standard InChI is InChI=1S/C23H18FN3O5S/c1-13-7-8-14(11-16(13)24)27-21(29)20-18(9-10-33-20)26(23(27)31)12-19(28)25-17-6-4-3-5-15(17)22(30)32-2/h3-11H,12H2,1-2H3,(H,25,28). The highest BCUT2D eigenvalue weighted by atomic mass is 32.1. The van der Waals surface area contributed by atoms with Crippen molar-refractivity contribution in [3.05, 3.63) is 91.7 Å². The average molecular weight is 467 g/mol. The zero-order valence-electron chi connectivity index (χ0n) is 17.6. The summed E-state index contributed by atoms with van der Waals surface area (Å²) in [5.41, 5.74) is -0.289. The van der Waals surface area contributed by atoms with Gasteiger partial charge in [-0.25, -0.2) is 18.5 Å². The van der Waals surface area contributed by atoms with Crippen molar-refractivity contribution in [1.82, 2.24) is 9.13 Å². The molecule has 1 amide bonds. The predicted octanol–water partition coefficient (Wildman–Crippen LogP) is 3.09. The zero-order valence-corrected chi connectivity index (χ0v) is 18.4. The van der Waals surface area contributed by atoms with Crippen molar-refractivity contribution in [2.45, 2.75) is 13.5 Å². The summed E-state index contributed by atoms with van der Waals surface area (Å²) >= 11 is 1.11. The van der Waals surface area contributed by atoms with Gasteiger partial charge in [0.15, 0.2) is 0 Å². The minimum Gasteiger partial charge on any atom is -0.465 e. The molecule has 4 rings (SSSR count). The number of nitrogens with zero attached hydrogens (tertiary/aromatic N) is 2. The number of thiophene rings is 1. The Labute approximate surface area is 190 Å². The summed E-state index contributed by atoms with van der Waals surface area (Å²) in [6.45, 7) is 1.13. The molecule has 4 aromatic rings. The number of anilines is 1. The van der Waals surface area contributed by atoms with Crippen LogP contribution in [-0.2, 0) is 16.1 Å². The molecule has 8 nitrogen and oxygen atoms in total. The first-order chi connectivity index (χ1) is 15.8. The number of nitrogens with one attached hydrogen (secondary N) is 1. The summed E-state index contributed by atoms with van der Waals surface area (Å²) in [5, 5.41) is 4.24. The minimum atomic E-state index is -0.787. The summed E-state index contributed by atoms with van der Waals surface area (Å²) in [6.07, 6.45) is 0. The normalized spacial score (nSPS) is 10.9. The number of fused-ring (bicyclic) bond motifs is 1. The molecular weight excluding hydrogens is 449 g/mol. The van der Waals surface area contributed by atoms with Gasteiger partial charge in [0.25, 0.3) is 5.56 Å². The number of halogens is 1. The van der Waals surface area contributed by atoms with Crippen LogP contribution in [0.4, 0.5) is 10.1 Å². The van der Waals surface area contributed by atoms with Gasteiger partial charge in [0.1, 0.15) is 17.1 Å². The van der Waals surface area contributed by atoms with Crippen molar-refractivity contribution in [3.8, 4) is 5.69 Å². The van der Waals surface area contributed by atoms with Crippen LogP contribution in [0.25, 0.3) is 15.9 Å². The van der Waals surface area contributed by atoms with E-state index in [4.69, 9.17) is 4.74 Å². The number of para-hydroxylation sites is 1. The van der Waals surface area contributed by atoms with Gasteiger partial charge in [0.05, 0.1) is 29.6 Å². The SMILES string of the molecule is COC(=O)c1ccccc1NC(=O)Cn1c(=O)n(-c2ccc(C)c(F)c2)c(=O)c2sccc21. The van der Waals surface area contributed by atoms with Gasteiger partial charge < -0.3 is 10.1 Å². The molecule has 0 radical (unpaired) electrons. The maximum Gasteiger partial charge on any atom is 0.339 e. The van der Waals surface area contributed by atoms with E-state index in [0.717, 1.165) is 26.5 Å². The van der Waals surface area contributed by atoms with Crippen LogP contribution in [0.3, 0.4) is 0 Å². The van der Waals surface area contributed by atoms with E-state index in [1.54, 1.807) is 30.5 Å². The smallest absolute Gasteiger partial charge is 0.339 e. The molecule has 0 saturated carbocycles. The van der Waals surface area contributed by atoms with Crippen molar-refractivity contribution >= 4 is 39.1 Å². The summed E-state index contributed by atoms with van der Waals surface area (Å²) in [5.74, 6) is -1.78. The second kappa shape index (κ2) is 8.83. The van der Waals surface area contributed by atoms with E-state index >= 15 is 0 Å². The van der Waals surface area contributed by atoms with E-state index in [9.17, 15) is 23.6 Å². The molecule has 0 fully saturated rings. The van der Waals surface area contributed by atoms with Crippen LogP contribution in [0.2, 0.25) is 0 Å². The number of aryl methyl sites for hydroxylation is 1. The molecule has 10 heteroatoms. The Kier molecular flexibility index (Phi) is 5.93. The summed E-state index contributed by atoms with van der Waals surface area (Å²) in [7, 11) is 1.23. The fraction of sp³-hybridized carbons (Fsp3) is 0.130. The first kappa shape index (κ1) is 22.2. The molecule has 2 heterocycles. The molecule has 33 heavy (non-hydrogen) atoms. The van der Waals surface area contributed by atoms with E-state index < -0.39 is 35.5 Å². The number of rotatable bonds is 5. The van der Waals surface area contributed by atoms with Crippen LogP contribution in [0.5, 0.6) is 0 Å². The number of carbonyl (C=O) groups excluding carboxylic acids is 2. The highest BCUT2D eigenvalue weighted by Gasteiger charge is 2.19. The Balaban J connectivity index is 1.78. The molecule has 0 spiro atoms. The Hall–Kier alpha value is -4.05. The number of carbonyl (C=O) groups is 2. The lowest BCUT2D eigenvalue weighted by Gasteiger charge is -2.14. The van der Waals surface area contributed by atoms with Gasteiger partial charge in [-0.15, -0.1) is 11.3 Å². The van der Waals surface area contributed by atoms with E-state index in [1.165, 1.54) is 31.4 Å². The molecule has 0 atom stereocenters. The van der Waals surface area contributed by atoms with Crippen LogP contribution < -0.4 is 16.6 Å². The van der Waals surface area contributed by atoms with Gasteiger partial charge in [0, 0.05) is 0 Å². The number of benzene rings is 2. The van der Waals surface area contributed by atoms with E-state index in [0.29, 0.717) is 5.56 Å². The number of ether oxygens (including phenoxy) is 1. The maximum absolute atomic E-state index is 14.1. The largest absolute Gasteiger partial charge is 0.465 e. The third kappa shape index (κ3) is 4.08. The second-order valence-electron chi connectivity index (χ2n) is 7.16. The Morgan fingerprint density at radius 2 is 1.88 bits per heavy atom. The Morgan fingerprint density at radius 1 is 1.12 bits per heavy atom. The average Bonchev–Trinajstić information content (AvgIpc) is 3.29. The number of hydrogen-bond donors (Lipinski definition) is 1. The first-order valence-corrected chi connectivity index (χ1v) is 10.7. The highest BCUT2D eigenvalue weighted by molar-refractivity contribution is 7.17. The fourth-order valence-electron chi connectivity index (χ4n) is 3.40. The van der Waals surface area contributed by atoms with Gasteiger partial charge in [-0.3, -0.25) is 14.2 Å². The lowest BCUT2D eigenvalue weighted by Crippen LogP contribution is -2.40. The number of methoxy groups -OCH3 is 1. The molecule has 0 bridgehead atoms. The van der Waals surface area contributed by atoms with Gasteiger partial charge in [-0.2, -0.15) is 0 Å². The number of aromatic nitrogens is 2. The van der Waals surface area contributed by atoms with Crippen LogP contribution in [0.15, 0.2) is 63.5 Å². The number of amides is 1. The summed E-state index contributed by atoms with van der Waals surface area (Å²) in [6, 6.07) is 11.9. The molecule has 0 aliphatic heterocycles. The second-order valence-corrected chi connectivity index (χ2v) is 8.08. The van der Waals surface area contributed by atoms with E-state index in [-0.39, 0.29) is 27.2 Å². The predicted molar refractivity (Wildman–Crippen MR) is 123 cm³/mol. The van der Waals surface area contributed by atoms with Crippen molar-refractivity contribution in [2.75, 3.05) is 12.4 Å². The lowest BCUT2D eigenvalue weighted by molar-refractivity contribution is -0.116. The summed E-state index contributed by atoms with van der Waals surface area (Å²) < 4.78 is 21.1. The molecule has 0 aliphatic rings. The van der Waals surface area contributed by atoms with Gasteiger partial charge in [0.2, 0.25) is 5.91 Å². The third-order valence-electron chi connectivity index (χ3n) is 5.08. The molecule has 2 aromatic carbocycles. The zero-order chi connectivity index (χ0) is 23.7. The molecule has 0 unspecified atom stereocenters. The van der Waals surface area contributed by atoms with Gasteiger partial charge in [-0.1, -0.05) is 18.2 Å². The molecule has 0 aliphatic carbocycles. The number of hydrogen-bond acceptors (Lipinski definition) is 6. The van der Waals surface area contributed by atoms with Gasteiger partial charge in [-0.05, 0) is 48.2 Å². The van der Waals surface area contributed by atoms with Crippen molar-refractivity contribution < 1.29 is 18.7 Å². The Bertz CT molecular complexity index is 1520. The van der Waals surface area contributed by atoms with E-state index in [2.05, 4.69) is 5.32 Å².